The molecule has 0 bridgehead atoms. The van der Waals surface area contributed by atoms with Crippen molar-refractivity contribution in [2.45, 2.75) is 12.8 Å². The normalized spacial score (nSPS) is 9.63. The molecule has 1 rings (SSSR count). The minimum Gasteiger partial charge on any atom is -0.481 e. The Kier molecular flexibility index (Phi) is 5.42. The Bertz CT molecular complexity index is 469. The van der Waals surface area contributed by atoms with Crippen molar-refractivity contribution in [1.82, 2.24) is 0 Å². The Morgan fingerprint density at radius 3 is 1.89 bits per heavy atom. The van der Waals surface area contributed by atoms with E-state index in [0.29, 0.717) is 0 Å². The van der Waals surface area contributed by atoms with Gasteiger partial charge in [-0.15, -0.1) is 6.42 Å². The van der Waals surface area contributed by atoms with Gasteiger partial charge in [-0.05, 0) is 24.3 Å². The smallest absolute Gasteiger partial charge is 0.305 e. The monoisotopic (exact) mass is 261 g/mol. The fourth-order valence-electron chi connectivity index (χ4n) is 1.60. The number of hydrogen-bond donors (Lipinski definition) is 2. The molecule has 0 fully saturated rings. The molecule has 0 aliphatic rings. The van der Waals surface area contributed by atoms with E-state index in [4.69, 9.17) is 16.6 Å². The van der Waals surface area contributed by atoms with Crippen LogP contribution in [-0.2, 0) is 9.59 Å². The Morgan fingerprint density at radius 1 is 1.05 bits per heavy atom. The summed E-state index contributed by atoms with van der Waals surface area (Å²) in [7, 11) is 0. The van der Waals surface area contributed by atoms with E-state index in [-0.39, 0.29) is 25.9 Å². The lowest BCUT2D eigenvalue weighted by atomic mass is 10.2. The highest BCUT2D eigenvalue weighted by Crippen LogP contribution is 2.16. The van der Waals surface area contributed by atoms with Gasteiger partial charge in [0.25, 0.3) is 0 Å². The molecular formula is C14H15NO4. The third kappa shape index (κ3) is 5.13. The predicted octanol–water partition coefficient (Wildman–Crippen LogP) is 1.42. The second-order valence-electron chi connectivity index (χ2n) is 3.97. The molecule has 0 unspecified atom stereocenters. The molecule has 0 aliphatic heterocycles. The topological polar surface area (TPSA) is 77.8 Å². The molecule has 0 heterocycles. The Labute approximate surface area is 111 Å². The van der Waals surface area contributed by atoms with Gasteiger partial charge in [0, 0.05) is 24.3 Å². The average molecular weight is 261 g/mol. The molecule has 1 aromatic carbocycles. The summed E-state index contributed by atoms with van der Waals surface area (Å²) in [6, 6.07) is 7.01. The summed E-state index contributed by atoms with van der Waals surface area (Å²) in [4.78, 5) is 22.9. The van der Waals surface area contributed by atoms with E-state index < -0.39 is 11.9 Å². The van der Waals surface area contributed by atoms with Crippen molar-refractivity contribution in [3.05, 3.63) is 29.8 Å². The van der Waals surface area contributed by atoms with Crippen LogP contribution in [0.5, 0.6) is 0 Å². The SMILES string of the molecule is C#Cc1ccc(N(CCC(=O)O)CCC(=O)O)cc1. The highest BCUT2D eigenvalue weighted by atomic mass is 16.4. The lowest BCUT2D eigenvalue weighted by Gasteiger charge is -2.23. The van der Waals surface area contributed by atoms with E-state index in [2.05, 4.69) is 5.92 Å². The minimum absolute atomic E-state index is 0.0451. The van der Waals surface area contributed by atoms with Crippen molar-refractivity contribution in [3.63, 3.8) is 0 Å². The first-order chi connectivity index (χ1) is 9.02. The third-order valence-electron chi connectivity index (χ3n) is 2.59. The maximum atomic E-state index is 10.6. The number of carbonyl (C=O) groups is 2. The van der Waals surface area contributed by atoms with E-state index in [0.717, 1.165) is 11.3 Å². The van der Waals surface area contributed by atoms with Crippen LogP contribution in [0.1, 0.15) is 18.4 Å². The van der Waals surface area contributed by atoms with Gasteiger partial charge in [-0.2, -0.15) is 0 Å². The van der Waals surface area contributed by atoms with Crippen LogP contribution in [0.3, 0.4) is 0 Å². The van der Waals surface area contributed by atoms with Crippen LogP contribution in [-0.4, -0.2) is 35.2 Å². The van der Waals surface area contributed by atoms with Gasteiger partial charge in [-0.3, -0.25) is 9.59 Å². The number of terminal acetylenes is 1. The summed E-state index contributed by atoms with van der Waals surface area (Å²) in [5.41, 5.74) is 1.49. The van der Waals surface area contributed by atoms with Crippen molar-refractivity contribution in [2.24, 2.45) is 0 Å². The molecular weight excluding hydrogens is 246 g/mol. The first-order valence-corrected chi connectivity index (χ1v) is 5.78. The van der Waals surface area contributed by atoms with E-state index in [1.807, 2.05) is 0 Å². The molecule has 0 saturated heterocycles. The summed E-state index contributed by atoms with van der Waals surface area (Å²) in [6.45, 7) is 0.524. The van der Waals surface area contributed by atoms with Crippen LogP contribution in [0.4, 0.5) is 5.69 Å². The number of carboxylic acid groups (broad SMARTS) is 2. The van der Waals surface area contributed by atoms with E-state index in [1.165, 1.54) is 0 Å². The van der Waals surface area contributed by atoms with Crippen LogP contribution >= 0.6 is 0 Å². The van der Waals surface area contributed by atoms with Gasteiger partial charge < -0.3 is 15.1 Å². The minimum atomic E-state index is -0.916. The molecule has 100 valence electrons. The molecule has 0 aromatic heterocycles. The van der Waals surface area contributed by atoms with Crippen molar-refractivity contribution >= 4 is 17.6 Å². The number of hydrogen-bond acceptors (Lipinski definition) is 3. The largest absolute Gasteiger partial charge is 0.481 e. The second kappa shape index (κ2) is 7.07. The first kappa shape index (κ1) is 14.6. The highest BCUT2D eigenvalue weighted by Gasteiger charge is 2.10. The summed E-state index contributed by atoms with van der Waals surface area (Å²) >= 11 is 0. The fraction of sp³-hybridized carbons (Fsp3) is 0.286. The average Bonchev–Trinajstić information content (AvgIpc) is 2.38. The molecule has 0 radical (unpaired) electrons. The van der Waals surface area contributed by atoms with Gasteiger partial charge in [-0.1, -0.05) is 5.92 Å². The molecule has 0 atom stereocenters. The highest BCUT2D eigenvalue weighted by molar-refractivity contribution is 5.69. The number of rotatable bonds is 7. The fourth-order valence-corrected chi connectivity index (χ4v) is 1.60. The summed E-state index contributed by atoms with van der Waals surface area (Å²) in [6.07, 6.45) is 5.16. The number of carboxylic acids is 2. The van der Waals surface area contributed by atoms with Crippen LogP contribution in [0.2, 0.25) is 0 Å². The van der Waals surface area contributed by atoms with Crippen molar-refractivity contribution < 1.29 is 19.8 Å². The lowest BCUT2D eigenvalue weighted by molar-refractivity contribution is -0.137. The molecule has 0 spiro atoms. The molecule has 0 aliphatic carbocycles. The Balaban J connectivity index is 2.77. The van der Waals surface area contributed by atoms with Crippen molar-refractivity contribution in [3.8, 4) is 12.3 Å². The standard InChI is InChI=1S/C14H15NO4/c1-2-11-3-5-12(6-4-11)15(9-7-13(16)17)10-8-14(18)19/h1,3-6H,7-10H2,(H,16,17)(H,18,19). The van der Waals surface area contributed by atoms with Crippen LogP contribution in [0.15, 0.2) is 24.3 Å². The predicted molar refractivity (Wildman–Crippen MR) is 71.1 cm³/mol. The molecule has 19 heavy (non-hydrogen) atoms. The third-order valence-corrected chi connectivity index (χ3v) is 2.59. The molecule has 2 N–H and O–H groups in total. The molecule has 0 amide bonds. The van der Waals surface area contributed by atoms with Gasteiger partial charge in [0.2, 0.25) is 0 Å². The second-order valence-corrected chi connectivity index (χ2v) is 3.97. The first-order valence-electron chi connectivity index (χ1n) is 5.78. The van der Waals surface area contributed by atoms with E-state index >= 15 is 0 Å². The van der Waals surface area contributed by atoms with Gasteiger partial charge in [0.15, 0.2) is 0 Å². The summed E-state index contributed by atoms with van der Waals surface area (Å²) in [5, 5.41) is 17.4. The molecule has 5 nitrogen and oxygen atoms in total. The lowest BCUT2D eigenvalue weighted by Crippen LogP contribution is -2.28. The van der Waals surface area contributed by atoms with E-state index in [9.17, 15) is 9.59 Å². The maximum Gasteiger partial charge on any atom is 0.305 e. The number of aliphatic carboxylic acids is 2. The molecule has 1 aromatic rings. The zero-order valence-electron chi connectivity index (χ0n) is 10.4. The van der Waals surface area contributed by atoms with E-state index in [1.54, 1.807) is 29.2 Å². The summed E-state index contributed by atoms with van der Waals surface area (Å²) in [5.74, 6) is 0.655. The Hall–Kier alpha value is -2.48. The molecule has 0 saturated carbocycles. The maximum absolute atomic E-state index is 10.6. The van der Waals surface area contributed by atoms with Gasteiger partial charge in [0.05, 0.1) is 12.8 Å². The van der Waals surface area contributed by atoms with Crippen LogP contribution < -0.4 is 4.90 Å². The number of benzene rings is 1. The van der Waals surface area contributed by atoms with Crippen LogP contribution in [0.25, 0.3) is 0 Å². The van der Waals surface area contributed by atoms with Crippen molar-refractivity contribution in [2.75, 3.05) is 18.0 Å². The zero-order valence-corrected chi connectivity index (χ0v) is 10.4. The summed E-state index contributed by atoms with van der Waals surface area (Å²) < 4.78 is 0. The van der Waals surface area contributed by atoms with Crippen molar-refractivity contribution in [1.29, 1.82) is 0 Å². The van der Waals surface area contributed by atoms with Crippen LogP contribution in [0, 0.1) is 12.3 Å². The molecule has 5 heteroatoms. The zero-order chi connectivity index (χ0) is 14.3. The quantitative estimate of drug-likeness (QED) is 0.726. The van der Waals surface area contributed by atoms with Gasteiger partial charge >= 0.3 is 11.9 Å². The Morgan fingerprint density at radius 2 is 1.53 bits per heavy atom. The van der Waals surface area contributed by atoms with Gasteiger partial charge in [0.1, 0.15) is 0 Å². The number of nitrogens with zero attached hydrogens (tertiary/aromatic N) is 1. The number of anilines is 1. The van der Waals surface area contributed by atoms with Gasteiger partial charge in [-0.25, -0.2) is 0 Å².